The Morgan fingerprint density at radius 2 is 2.27 bits per heavy atom. The van der Waals surface area contributed by atoms with E-state index in [1.807, 2.05) is 0 Å². The lowest BCUT2D eigenvalue weighted by Gasteiger charge is -2.17. The van der Waals surface area contributed by atoms with Gasteiger partial charge < -0.3 is 0 Å². The summed E-state index contributed by atoms with van der Waals surface area (Å²) in [4.78, 5) is 0. The molecule has 1 unspecified atom stereocenters. The van der Waals surface area contributed by atoms with Crippen LogP contribution in [0.2, 0.25) is 0 Å². The molecule has 0 saturated carbocycles. The third kappa shape index (κ3) is 1.83. The van der Waals surface area contributed by atoms with E-state index in [9.17, 15) is 0 Å². The molecule has 0 fully saturated rings. The zero-order valence-corrected chi connectivity index (χ0v) is 7.65. The van der Waals surface area contributed by atoms with E-state index in [4.69, 9.17) is 0 Å². The molecule has 0 aromatic carbocycles. The quantitative estimate of drug-likeness (QED) is 0.534. The highest BCUT2D eigenvalue weighted by atomic mass is 14.1. The van der Waals surface area contributed by atoms with Gasteiger partial charge >= 0.3 is 0 Å². The Morgan fingerprint density at radius 1 is 1.64 bits per heavy atom. The molecule has 0 aromatic rings. The van der Waals surface area contributed by atoms with Crippen LogP contribution in [0.1, 0.15) is 27.2 Å². The molecule has 0 aromatic heterocycles. The fraction of sp³-hybridized carbons (Fsp3) is 0.455. The Kier molecular flexibility index (Phi) is 2.33. The molecule has 0 spiro atoms. The van der Waals surface area contributed by atoms with Crippen LogP contribution in [0, 0.1) is 5.92 Å². The molecule has 1 rings (SSSR count). The van der Waals surface area contributed by atoms with Crippen molar-refractivity contribution in [3.63, 3.8) is 0 Å². The average molecular weight is 148 g/mol. The normalized spacial score (nSPS) is 24.1. The molecule has 11 heavy (non-hydrogen) atoms. The molecular formula is C11H16. The molecular weight excluding hydrogens is 132 g/mol. The third-order valence-electron chi connectivity index (χ3n) is 2.19. The lowest BCUT2D eigenvalue weighted by atomic mass is 9.88. The van der Waals surface area contributed by atoms with Crippen LogP contribution in [0.4, 0.5) is 0 Å². The van der Waals surface area contributed by atoms with Crippen LogP contribution < -0.4 is 0 Å². The van der Waals surface area contributed by atoms with Gasteiger partial charge in [-0.25, -0.2) is 0 Å². The van der Waals surface area contributed by atoms with Gasteiger partial charge in [0, 0.05) is 0 Å². The average Bonchev–Trinajstić information content (AvgIpc) is 1.94. The smallest absolute Gasteiger partial charge is 0.0213 e. The van der Waals surface area contributed by atoms with Gasteiger partial charge in [0.2, 0.25) is 0 Å². The first-order valence-electron chi connectivity index (χ1n) is 4.15. The largest absolute Gasteiger partial charge is 0.0958 e. The van der Waals surface area contributed by atoms with Gasteiger partial charge in [-0.1, -0.05) is 31.2 Å². The summed E-state index contributed by atoms with van der Waals surface area (Å²) in [5, 5.41) is 0. The first-order valence-corrected chi connectivity index (χ1v) is 4.15. The van der Waals surface area contributed by atoms with Crippen molar-refractivity contribution < 1.29 is 0 Å². The monoisotopic (exact) mass is 148 g/mol. The Hall–Kier alpha value is -0.780. The van der Waals surface area contributed by atoms with E-state index in [0.717, 1.165) is 6.42 Å². The van der Waals surface area contributed by atoms with Gasteiger partial charge in [-0.3, -0.25) is 0 Å². The third-order valence-corrected chi connectivity index (χ3v) is 2.19. The molecule has 1 atom stereocenters. The number of hydrogen-bond acceptors (Lipinski definition) is 0. The summed E-state index contributed by atoms with van der Waals surface area (Å²) in [5.41, 5.74) is 4.05. The maximum atomic E-state index is 3.97. The zero-order valence-electron chi connectivity index (χ0n) is 7.65. The molecule has 0 heteroatoms. The number of rotatable bonds is 1. The molecule has 0 radical (unpaired) electrons. The lowest BCUT2D eigenvalue weighted by molar-refractivity contribution is 0.705. The summed E-state index contributed by atoms with van der Waals surface area (Å²) in [6.07, 6.45) is 5.64. The van der Waals surface area contributed by atoms with E-state index in [1.165, 1.54) is 16.7 Å². The highest BCUT2D eigenvalue weighted by Gasteiger charge is 2.10. The number of hydrogen-bond donors (Lipinski definition) is 0. The number of allylic oxidation sites excluding steroid dienone is 5. The Balaban J connectivity index is 2.90. The molecule has 1 aliphatic carbocycles. The van der Waals surface area contributed by atoms with E-state index in [2.05, 4.69) is 39.5 Å². The van der Waals surface area contributed by atoms with Crippen LogP contribution in [-0.2, 0) is 0 Å². The Bertz CT molecular complexity index is 228. The minimum absolute atomic E-state index is 0.686. The molecule has 0 amide bonds. The minimum Gasteiger partial charge on any atom is -0.0958 e. The summed E-state index contributed by atoms with van der Waals surface area (Å²) in [5.74, 6) is 0.686. The minimum atomic E-state index is 0.686. The molecule has 0 nitrogen and oxygen atoms in total. The van der Waals surface area contributed by atoms with Gasteiger partial charge in [0.25, 0.3) is 0 Å². The SMILES string of the molecule is C=C(C)C1=C(C)C=CC(C)C1. The molecule has 0 N–H and O–H groups in total. The lowest BCUT2D eigenvalue weighted by Crippen LogP contribution is -2.01. The van der Waals surface area contributed by atoms with Crippen molar-refractivity contribution in [3.05, 3.63) is 35.5 Å². The van der Waals surface area contributed by atoms with Crippen LogP contribution in [0.15, 0.2) is 35.5 Å². The Morgan fingerprint density at radius 3 is 2.73 bits per heavy atom. The van der Waals surface area contributed by atoms with E-state index < -0.39 is 0 Å². The molecule has 0 heterocycles. The summed E-state index contributed by atoms with van der Waals surface area (Å²) in [6.45, 7) is 10.5. The molecule has 0 saturated heterocycles. The molecule has 60 valence electrons. The highest BCUT2D eigenvalue weighted by molar-refractivity contribution is 5.39. The van der Waals surface area contributed by atoms with Crippen molar-refractivity contribution >= 4 is 0 Å². The first kappa shape index (κ1) is 8.32. The van der Waals surface area contributed by atoms with Gasteiger partial charge in [0.15, 0.2) is 0 Å². The van der Waals surface area contributed by atoms with Crippen molar-refractivity contribution in [3.8, 4) is 0 Å². The summed E-state index contributed by atoms with van der Waals surface area (Å²) in [6, 6.07) is 0. The van der Waals surface area contributed by atoms with Gasteiger partial charge in [-0.15, -0.1) is 0 Å². The van der Waals surface area contributed by atoms with Crippen LogP contribution in [0.3, 0.4) is 0 Å². The van der Waals surface area contributed by atoms with Crippen molar-refractivity contribution in [2.45, 2.75) is 27.2 Å². The maximum Gasteiger partial charge on any atom is -0.0213 e. The van der Waals surface area contributed by atoms with E-state index in [0.29, 0.717) is 5.92 Å². The summed E-state index contributed by atoms with van der Waals surface area (Å²) in [7, 11) is 0. The highest BCUT2D eigenvalue weighted by Crippen LogP contribution is 2.27. The predicted octanol–water partition coefficient (Wildman–Crippen LogP) is 3.48. The second kappa shape index (κ2) is 3.08. The van der Waals surface area contributed by atoms with E-state index in [1.54, 1.807) is 0 Å². The maximum absolute atomic E-state index is 3.97. The van der Waals surface area contributed by atoms with Crippen molar-refractivity contribution in [2.24, 2.45) is 5.92 Å². The first-order chi connectivity index (χ1) is 5.11. The van der Waals surface area contributed by atoms with Crippen LogP contribution in [-0.4, -0.2) is 0 Å². The standard InChI is InChI=1S/C11H16/c1-8(2)11-7-9(3)5-6-10(11)4/h5-6,9H,1,7H2,2-4H3. The second-order valence-corrected chi connectivity index (χ2v) is 3.48. The molecule has 0 bridgehead atoms. The predicted molar refractivity (Wildman–Crippen MR) is 50.4 cm³/mol. The van der Waals surface area contributed by atoms with E-state index in [-0.39, 0.29) is 0 Å². The summed E-state index contributed by atoms with van der Waals surface area (Å²) >= 11 is 0. The van der Waals surface area contributed by atoms with Gasteiger partial charge in [-0.05, 0) is 37.3 Å². The van der Waals surface area contributed by atoms with Crippen LogP contribution >= 0.6 is 0 Å². The van der Waals surface area contributed by atoms with Crippen LogP contribution in [0.5, 0.6) is 0 Å². The van der Waals surface area contributed by atoms with E-state index >= 15 is 0 Å². The van der Waals surface area contributed by atoms with Crippen molar-refractivity contribution in [2.75, 3.05) is 0 Å². The van der Waals surface area contributed by atoms with Gasteiger partial charge in [0.1, 0.15) is 0 Å². The second-order valence-electron chi connectivity index (χ2n) is 3.48. The fourth-order valence-corrected chi connectivity index (χ4v) is 1.47. The fourth-order valence-electron chi connectivity index (χ4n) is 1.47. The topological polar surface area (TPSA) is 0 Å². The summed E-state index contributed by atoms with van der Waals surface area (Å²) < 4.78 is 0. The molecule has 1 aliphatic rings. The van der Waals surface area contributed by atoms with Crippen molar-refractivity contribution in [1.29, 1.82) is 0 Å². The Labute approximate surface area is 69.3 Å². The van der Waals surface area contributed by atoms with Gasteiger partial charge in [-0.2, -0.15) is 0 Å². The van der Waals surface area contributed by atoms with Crippen molar-refractivity contribution in [1.82, 2.24) is 0 Å². The zero-order chi connectivity index (χ0) is 8.43. The van der Waals surface area contributed by atoms with Crippen LogP contribution in [0.25, 0.3) is 0 Å². The van der Waals surface area contributed by atoms with Gasteiger partial charge in [0.05, 0.1) is 0 Å². The molecule has 0 aliphatic heterocycles.